The summed E-state index contributed by atoms with van der Waals surface area (Å²) in [5.74, 6) is -1.42. The molecule has 2 unspecified atom stereocenters. The Morgan fingerprint density at radius 2 is 1.60 bits per heavy atom. The van der Waals surface area contributed by atoms with E-state index in [9.17, 15) is 14.4 Å². The van der Waals surface area contributed by atoms with Gasteiger partial charge in [0.1, 0.15) is 6.61 Å². The second kappa shape index (κ2) is 9.70. The van der Waals surface area contributed by atoms with Gasteiger partial charge in [-0.1, -0.05) is 48.5 Å². The molecule has 2 aliphatic carbocycles. The minimum Gasteiger partial charge on any atom is -0.481 e. The number of carboxylic acids is 1. The molecule has 5 rings (SSSR count). The predicted octanol–water partition coefficient (Wildman–Crippen LogP) is 3.16. The minimum atomic E-state index is -0.818. The van der Waals surface area contributed by atoms with Crippen LogP contribution in [0.4, 0.5) is 4.79 Å². The number of nitrogens with one attached hydrogen (secondary N) is 2. The van der Waals surface area contributed by atoms with Gasteiger partial charge in [0.15, 0.2) is 0 Å². The lowest BCUT2D eigenvalue weighted by Crippen LogP contribution is -2.51. The maximum atomic E-state index is 13.1. The number of carboxylic acid groups (broad SMARTS) is 1. The first-order chi connectivity index (χ1) is 17.0. The van der Waals surface area contributed by atoms with Crippen molar-refractivity contribution in [2.75, 3.05) is 32.9 Å². The summed E-state index contributed by atoms with van der Waals surface area (Å²) in [4.78, 5) is 36.8. The number of carbonyl (C=O) groups excluding carboxylic acids is 2. The normalized spacial score (nSPS) is 21.9. The van der Waals surface area contributed by atoms with Gasteiger partial charge < -0.3 is 25.2 Å². The first kappa shape index (κ1) is 23.4. The summed E-state index contributed by atoms with van der Waals surface area (Å²) in [6.45, 7) is 1.55. The van der Waals surface area contributed by atoms with Gasteiger partial charge >= 0.3 is 12.1 Å². The van der Waals surface area contributed by atoms with Gasteiger partial charge in [0.25, 0.3) is 0 Å². The Bertz CT molecular complexity index is 1080. The van der Waals surface area contributed by atoms with Crippen LogP contribution in [-0.2, 0) is 19.1 Å². The molecule has 3 aliphatic rings. The Morgan fingerprint density at radius 1 is 0.971 bits per heavy atom. The first-order valence-corrected chi connectivity index (χ1v) is 12.2. The van der Waals surface area contributed by atoms with Crippen LogP contribution in [0.5, 0.6) is 0 Å². The van der Waals surface area contributed by atoms with Gasteiger partial charge in [0.2, 0.25) is 5.91 Å². The molecule has 2 aromatic carbocycles. The van der Waals surface area contributed by atoms with Gasteiger partial charge in [0, 0.05) is 32.2 Å². The van der Waals surface area contributed by atoms with Gasteiger partial charge in [-0.15, -0.1) is 0 Å². The van der Waals surface area contributed by atoms with E-state index < -0.39 is 17.5 Å². The molecule has 2 aromatic rings. The summed E-state index contributed by atoms with van der Waals surface area (Å²) >= 11 is 0. The molecule has 1 saturated carbocycles. The van der Waals surface area contributed by atoms with Crippen molar-refractivity contribution in [3.8, 4) is 11.1 Å². The fraction of sp³-hybridized carbons (Fsp3) is 0.444. The Morgan fingerprint density at radius 3 is 2.20 bits per heavy atom. The van der Waals surface area contributed by atoms with Crippen LogP contribution in [0.15, 0.2) is 48.5 Å². The number of carbonyl (C=O) groups is 3. The summed E-state index contributed by atoms with van der Waals surface area (Å²) in [5, 5.41) is 14.8. The highest BCUT2D eigenvalue weighted by Gasteiger charge is 2.45. The minimum absolute atomic E-state index is 0.0246. The van der Waals surface area contributed by atoms with Crippen molar-refractivity contribution in [3.63, 3.8) is 0 Å². The number of aliphatic carboxylic acids is 1. The standard InChI is InChI=1S/C27H30N2O6/c30-24(31)22-13-17(22)14-28-25(32)27(9-11-34-12-10-27)16-29-26(33)35-15-23-20-7-3-1-5-18(20)19-6-2-4-8-21(19)23/h1-8,17,22-23H,9-16H2,(H,28,32)(H,29,33)(H,30,31). The first-order valence-electron chi connectivity index (χ1n) is 12.2. The molecule has 3 N–H and O–H groups in total. The van der Waals surface area contributed by atoms with E-state index in [4.69, 9.17) is 14.6 Å². The third-order valence-electron chi connectivity index (χ3n) is 7.61. The van der Waals surface area contributed by atoms with Crippen LogP contribution in [-0.4, -0.2) is 56.0 Å². The van der Waals surface area contributed by atoms with Crippen molar-refractivity contribution in [2.24, 2.45) is 17.3 Å². The summed E-state index contributed by atoms with van der Waals surface area (Å²) < 4.78 is 11.1. The van der Waals surface area contributed by atoms with E-state index in [0.717, 1.165) is 22.3 Å². The second-order valence-corrected chi connectivity index (χ2v) is 9.72. The molecule has 0 bridgehead atoms. The largest absolute Gasteiger partial charge is 0.481 e. The summed E-state index contributed by atoms with van der Waals surface area (Å²) in [5.41, 5.74) is 3.81. The van der Waals surface area contributed by atoms with Crippen LogP contribution in [0.1, 0.15) is 36.3 Å². The molecular weight excluding hydrogens is 448 g/mol. The molecule has 184 valence electrons. The molecule has 0 aromatic heterocycles. The average molecular weight is 479 g/mol. The maximum Gasteiger partial charge on any atom is 0.407 e. The Labute approximate surface area is 204 Å². The van der Waals surface area contributed by atoms with E-state index in [0.29, 0.717) is 39.0 Å². The van der Waals surface area contributed by atoms with E-state index in [-0.39, 0.29) is 36.8 Å². The quantitative estimate of drug-likeness (QED) is 0.537. The average Bonchev–Trinajstić information content (AvgIpc) is 3.61. The summed E-state index contributed by atoms with van der Waals surface area (Å²) in [6, 6.07) is 16.3. The van der Waals surface area contributed by atoms with Gasteiger partial charge in [-0.3, -0.25) is 9.59 Å². The van der Waals surface area contributed by atoms with Crippen LogP contribution < -0.4 is 10.6 Å². The van der Waals surface area contributed by atoms with E-state index in [1.54, 1.807) is 0 Å². The number of hydrogen-bond donors (Lipinski definition) is 3. The molecule has 35 heavy (non-hydrogen) atoms. The van der Waals surface area contributed by atoms with E-state index >= 15 is 0 Å². The molecule has 8 heteroatoms. The van der Waals surface area contributed by atoms with Crippen molar-refractivity contribution in [1.29, 1.82) is 0 Å². The summed E-state index contributed by atoms with van der Waals surface area (Å²) in [7, 11) is 0. The third kappa shape index (κ3) is 4.75. The lowest BCUT2D eigenvalue weighted by molar-refractivity contribution is -0.139. The number of fused-ring (bicyclic) bond motifs is 3. The fourth-order valence-electron chi connectivity index (χ4n) is 5.32. The van der Waals surface area contributed by atoms with Gasteiger partial charge in [-0.25, -0.2) is 4.79 Å². The molecule has 1 aliphatic heterocycles. The highest BCUT2D eigenvalue weighted by Crippen LogP contribution is 2.44. The predicted molar refractivity (Wildman–Crippen MR) is 128 cm³/mol. The van der Waals surface area contributed by atoms with Crippen LogP contribution in [0, 0.1) is 17.3 Å². The fourth-order valence-corrected chi connectivity index (χ4v) is 5.32. The molecule has 2 atom stereocenters. The molecule has 0 radical (unpaired) electrons. The molecule has 0 spiro atoms. The topological polar surface area (TPSA) is 114 Å². The van der Waals surface area contributed by atoms with Crippen LogP contribution >= 0.6 is 0 Å². The van der Waals surface area contributed by atoms with E-state index in [1.165, 1.54) is 0 Å². The number of amides is 2. The van der Waals surface area contributed by atoms with Crippen molar-refractivity contribution < 1.29 is 29.0 Å². The van der Waals surface area contributed by atoms with Crippen LogP contribution in [0.3, 0.4) is 0 Å². The molecule has 8 nitrogen and oxygen atoms in total. The lowest BCUT2D eigenvalue weighted by atomic mass is 9.79. The zero-order valence-electron chi connectivity index (χ0n) is 19.5. The van der Waals surface area contributed by atoms with Crippen molar-refractivity contribution in [2.45, 2.75) is 25.2 Å². The molecule has 1 heterocycles. The number of alkyl carbamates (subject to hydrolysis) is 1. The van der Waals surface area contributed by atoms with E-state index in [1.807, 2.05) is 24.3 Å². The van der Waals surface area contributed by atoms with Crippen molar-refractivity contribution >= 4 is 18.0 Å². The van der Waals surface area contributed by atoms with Crippen molar-refractivity contribution in [1.82, 2.24) is 10.6 Å². The SMILES string of the molecule is O=C(NCC1(C(=O)NCC2CC2C(=O)O)CCOCC1)OCC1c2ccccc2-c2ccccc21. The molecule has 2 fully saturated rings. The Hall–Kier alpha value is -3.39. The molecule has 1 saturated heterocycles. The zero-order valence-corrected chi connectivity index (χ0v) is 19.5. The van der Waals surface area contributed by atoms with Crippen LogP contribution in [0.25, 0.3) is 11.1 Å². The highest BCUT2D eigenvalue weighted by molar-refractivity contribution is 5.84. The van der Waals surface area contributed by atoms with Gasteiger partial charge in [-0.2, -0.15) is 0 Å². The lowest BCUT2D eigenvalue weighted by Gasteiger charge is -2.35. The van der Waals surface area contributed by atoms with Gasteiger partial charge in [0.05, 0.1) is 11.3 Å². The van der Waals surface area contributed by atoms with Gasteiger partial charge in [-0.05, 0) is 47.4 Å². The third-order valence-corrected chi connectivity index (χ3v) is 7.61. The number of hydrogen-bond acceptors (Lipinski definition) is 5. The monoisotopic (exact) mass is 478 g/mol. The second-order valence-electron chi connectivity index (χ2n) is 9.72. The van der Waals surface area contributed by atoms with Crippen molar-refractivity contribution in [3.05, 3.63) is 59.7 Å². The number of ether oxygens (including phenoxy) is 2. The maximum absolute atomic E-state index is 13.1. The summed E-state index contributed by atoms with van der Waals surface area (Å²) in [6.07, 6.45) is 0.994. The highest BCUT2D eigenvalue weighted by atomic mass is 16.5. The van der Waals surface area contributed by atoms with E-state index in [2.05, 4.69) is 34.9 Å². The Balaban J connectivity index is 1.18. The molecule has 2 amide bonds. The van der Waals surface area contributed by atoms with Crippen LogP contribution in [0.2, 0.25) is 0 Å². The smallest absolute Gasteiger partial charge is 0.407 e. The number of rotatable bonds is 8. The number of benzene rings is 2. The Kier molecular flexibility index (Phi) is 6.47. The molecular formula is C27H30N2O6. The zero-order chi connectivity index (χ0) is 24.4.